The number of rotatable bonds is 5. The van der Waals surface area contributed by atoms with E-state index in [1.807, 2.05) is 43.3 Å². The van der Waals surface area contributed by atoms with Gasteiger partial charge in [0.15, 0.2) is 12.0 Å². The second-order valence-corrected chi connectivity index (χ2v) is 5.73. The molecule has 2 aliphatic rings. The Morgan fingerprint density at radius 3 is 2.74 bits per heavy atom. The van der Waals surface area contributed by atoms with Crippen LogP contribution in [-0.4, -0.2) is 38.8 Å². The van der Waals surface area contributed by atoms with Crippen LogP contribution < -0.4 is 0 Å². The normalized spacial score (nSPS) is 30.3. The van der Waals surface area contributed by atoms with Gasteiger partial charge >= 0.3 is 0 Å². The second-order valence-electron chi connectivity index (χ2n) is 5.73. The molecule has 0 saturated carbocycles. The number of hydrogen-bond acceptors (Lipinski definition) is 5. The summed E-state index contributed by atoms with van der Waals surface area (Å²) in [6, 6.07) is 9.85. The highest BCUT2D eigenvalue weighted by atomic mass is 16.7. The molecule has 0 radical (unpaired) electrons. The average Bonchev–Trinajstić information content (AvgIpc) is 2.59. The molecular formula is C18H22O5. The first-order valence-corrected chi connectivity index (χ1v) is 7.66. The van der Waals surface area contributed by atoms with Gasteiger partial charge in [-0.05, 0) is 18.6 Å². The van der Waals surface area contributed by atoms with Gasteiger partial charge in [0.05, 0.1) is 6.61 Å². The minimum atomic E-state index is -0.545. The molecular weight excluding hydrogens is 296 g/mol. The quantitative estimate of drug-likeness (QED) is 0.781. The van der Waals surface area contributed by atoms with Crippen LogP contribution in [-0.2, 0) is 23.7 Å². The molecule has 4 atom stereocenters. The smallest absolute Gasteiger partial charge is 0.216 e. The van der Waals surface area contributed by atoms with Crippen LogP contribution in [0.25, 0.3) is 0 Å². The predicted octanol–water partition coefficient (Wildman–Crippen LogP) is 2.95. The molecule has 0 aliphatic carbocycles. The third-order valence-electron chi connectivity index (χ3n) is 3.69. The fraction of sp³-hybridized carbons (Fsp3) is 0.444. The average molecular weight is 318 g/mol. The van der Waals surface area contributed by atoms with Gasteiger partial charge in [-0.2, -0.15) is 0 Å². The summed E-state index contributed by atoms with van der Waals surface area (Å²) in [5.41, 5.74) is 1.91. The lowest BCUT2D eigenvalue weighted by molar-refractivity contribution is -0.289. The third-order valence-corrected chi connectivity index (χ3v) is 3.69. The summed E-state index contributed by atoms with van der Waals surface area (Å²) in [6.07, 6.45) is 0.524. The molecule has 23 heavy (non-hydrogen) atoms. The summed E-state index contributed by atoms with van der Waals surface area (Å²) in [5, 5.41) is 0. The fourth-order valence-corrected chi connectivity index (χ4v) is 2.56. The molecule has 5 heteroatoms. The van der Waals surface area contributed by atoms with E-state index < -0.39 is 12.6 Å². The highest BCUT2D eigenvalue weighted by molar-refractivity contribution is 5.17. The first-order valence-electron chi connectivity index (χ1n) is 7.66. The predicted molar refractivity (Wildman–Crippen MR) is 84.5 cm³/mol. The maximum absolute atomic E-state index is 6.02. The van der Waals surface area contributed by atoms with Crippen molar-refractivity contribution in [2.24, 2.45) is 0 Å². The van der Waals surface area contributed by atoms with E-state index in [1.165, 1.54) is 0 Å². The molecule has 2 heterocycles. The number of benzene rings is 1. The van der Waals surface area contributed by atoms with Gasteiger partial charge in [0.1, 0.15) is 18.8 Å². The monoisotopic (exact) mass is 318 g/mol. The van der Waals surface area contributed by atoms with Crippen molar-refractivity contribution >= 4 is 0 Å². The van der Waals surface area contributed by atoms with Crippen molar-refractivity contribution in [3.05, 3.63) is 59.9 Å². The van der Waals surface area contributed by atoms with Crippen molar-refractivity contribution < 1.29 is 23.7 Å². The third kappa shape index (κ3) is 3.82. The summed E-state index contributed by atoms with van der Waals surface area (Å²) < 4.78 is 28.7. The van der Waals surface area contributed by atoms with E-state index in [-0.39, 0.29) is 12.2 Å². The van der Waals surface area contributed by atoms with Crippen molar-refractivity contribution in [3.8, 4) is 0 Å². The van der Waals surface area contributed by atoms with E-state index in [0.717, 1.165) is 11.1 Å². The Morgan fingerprint density at radius 2 is 2.04 bits per heavy atom. The largest absolute Gasteiger partial charge is 0.488 e. The van der Waals surface area contributed by atoms with E-state index >= 15 is 0 Å². The second kappa shape index (κ2) is 7.27. The minimum absolute atomic E-state index is 0.211. The van der Waals surface area contributed by atoms with Crippen molar-refractivity contribution in [3.63, 3.8) is 0 Å². The van der Waals surface area contributed by atoms with Gasteiger partial charge in [-0.15, -0.1) is 0 Å². The standard InChI is InChI=1S/C18H22O5/c1-12(2)10-20-15-9-14-16(23-18(15)19-3)11-21-17(22-14)13-7-5-4-6-8-13/h4-9,14,16-18H,1,10-11H2,2-3H3/t14-,16+,17?,18-/m0/s1. The summed E-state index contributed by atoms with van der Waals surface area (Å²) in [6.45, 7) is 6.61. The zero-order chi connectivity index (χ0) is 16.2. The lowest BCUT2D eigenvalue weighted by Crippen LogP contribution is -2.47. The Kier molecular flexibility index (Phi) is 5.13. The molecule has 0 amide bonds. The number of ether oxygens (including phenoxy) is 5. The molecule has 1 aromatic carbocycles. The molecule has 0 aromatic heterocycles. The van der Waals surface area contributed by atoms with E-state index in [1.54, 1.807) is 7.11 Å². The molecule has 124 valence electrons. The van der Waals surface area contributed by atoms with E-state index in [0.29, 0.717) is 19.0 Å². The molecule has 0 bridgehead atoms. The van der Waals surface area contributed by atoms with Crippen LogP contribution in [0.1, 0.15) is 18.8 Å². The SMILES string of the molecule is C=C(C)COC1=C[C@@H]2OC(c3ccccc3)OC[C@H]2O[C@@H]1OC. The minimum Gasteiger partial charge on any atom is -0.488 e. The fourth-order valence-electron chi connectivity index (χ4n) is 2.56. The molecule has 1 fully saturated rings. The van der Waals surface area contributed by atoms with Gasteiger partial charge in [0, 0.05) is 12.7 Å². The zero-order valence-corrected chi connectivity index (χ0v) is 13.4. The molecule has 3 rings (SSSR count). The Balaban J connectivity index is 1.74. The van der Waals surface area contributed by atoms with E-state index in [2.05, 4.69) is 6.58 Å². The summed E-state index contributed by atoms with van der Waals surface area (Å²) in [4.78, 5) is 0. The summed E-state index contributed by atoms with van der Waals surface area (Å²) in [7, 11) is 1.58. The first kappa shape index (κ1) is 16.2. The Hall–Kier alpha value is -1.66. The van der Waals surface area contributed by atoms with Crippen molar-refractivity contribution in [2.75, 3.05) is 20.3 Å². The zero-order valence-electron chi connectivity index (χ0n) is 13.4. The van der Waals surface area contributed by atoms with Crippen molar-refractivity contribution in [1.82, 2.24) is 0 Å². The molecule has 2 aliphatic heterocycles. The van der Waals surface area contributed by atoms with Gasteiger partial charge in [0.2, 0.25) is 6.29 Å². The first-order chi connectivity index (χ1) is 11.2. The van der Waals surface area contributed by atoms with Gasteiger partial charge in [-0.1, -0.05) is 36.9 Å². The topological polar surface area (TPSA) is 46.2 Å². The van der Waals surface area contributed by atoms with Gasteiger partial charge in [0.25, 0.3) is 0 Å². The van der Waals surface area contributed by atoms with E-state index in [9.17, 15) is 0 Å². The van der Waals surface area contributed by atoms with Gasteiger partial charge < -0.3 is 23.7 Å². The summed E-state index contributed by atoms with van der Waals surface area (Å²) >= 11 is 0. The van der Waals surface area contributed by atoms with Crippen LogP contribution in [0.3, 0.4) is 0 Å². The van der Waals surface area contributed by atoms with E-state index in [4.69, 9.17) is 23.7 Å². The van der Waals surface area contributed by atoms with Crippen molar-refractivity contribution in [2.45, 2.75) is 31.7 Å². The van der Waals surface area contributed by atoms with Crippen LogP contribution in [0.15, 0.2) is 54.3 Å². The van der Waals surface area contributed by atoms with Gasteiger partial charge in [-0.3, -0.25) is 0 Å². The molecule has 5 nitrogen and oxygen atoms in total. The Bertz CT molecular complexity index is 568. The number of fused-ring (bicyclic) bond motifs is 1. The highest BCUT2D eigenvalue weighted by Crippen LogP contribution is 2.33. The highest BCUT2D eigenvalue weighted by Gasteiger charge is 2.39. The van der Waals surface area contributed by atoms with Crippen LogP contribution in [0.2, 0.25) is 0 Å². The summed E-state index contributed by atoms with van der Waals surface area (Å²) in [5.74, 6) is 0.616. The van der Waals surface area contributed by atoms with Crippen LogP contribution in [0.5, 0.6) is 0 Å². The van der Waals surface area contributed by atoms with Crippen LogP contribution >= 0.6 is 0 Å². The Morgan fingerprint density at radius 1 is 1.26 bits per heavy atom. The van der Waals surface area contributed by atoms with Gasteiger partial charge in [-0.25, -0.2) is 0 Å². The van der Waals surface area contributed by atoms with Crippen LogP contribution in [0.4, 0.5) is 0 Å². The van der Waals surface area contributed by atoms with Crippen molar-refractivity contribution in [1.29, 1.82) is 0 Å². The maximum Gasteiger partial charge on any atom is 0.216 e. The molecule has 1 saturated heterocycles. The molecule has 1 aromatic rings. The lowest BCUT2D eigenvalue weighted by atomic mass is 10.1. The number of methoxy groups -OCH3 is 1. The molecule has 0 N–H and O–H groups in total. The molecule has 1 unspecified atom stereocenters. The lowest BCUT2D eigenvalue weighted by Gasteiger charge is -2.40. The van der Waals surface area contributed by atoms with Crippen LogP contribution in [0, 0.1) is 0 Å². The molecule has 0 spiro atoms. The Labute approximate surface area is 136 Å². The number of hydrogen-bond donors (Lipinski definition) is 0. The maximum atomic E-state index is 6.02.